The van der Waals surface area contributed by atoms with E-state index < -0.39 is 16.6 Å². The lowest BCUT2D eigenvalue weighted by Crippen LogP contribution is -2.71. The van der Waals surface area contributed by atoms with Gasteiger partial charge in [-0.15, -0.1) is 0 Å². The zero-order chi connectivity index (χ0) is 14.4. The molecule has 0 aromatic rings. The molecule has 0 aromatic heterocycles. The fourth-order valence-corrected chi connectivity index (χ4v) is 4.70. The number of rotatable bonds is 4. The zero-order valence-electron chi connectivity index (χ0n) is 12.6. The average molecular weight is 304 g/mol. The van der Waals surface area contributed by atoms with Crippen LogP contribution in [0.25, 0.3) is 0 Å². The molecule has 2 fully saturated rings. The highest BCUT2D eigenvalue weighted by molar-refractivity contribution is 6.70. The molecule has 0 spiro atoms. The molecule has 0 radical (unpaired) electrons. The molecule has 0 aliphatic carbocycles. The molecule has 2 aliphatic rings. The van der Waals surface area contributed by atoms with Crippen LogP contribution >= 0.6 is 0 Å². The number of hydrogen-bond donors (Lipinski definition) is 1. The van der Waals surface area contributed by atoms with E-state index in [-0.39, 0.29) is 30.3 Å². The lowest BCUT2D eigenvalue weighted by Gasteiger charge is -2.50. The van der Waals surface area contributed by atoms with Gasteiger partial charge in [-0.25, -0.2) is 0 Å². The van der Waals surface area contributed by atoms with Gasteiger partial charge in [-0.2, -0.15) is 0 Å². The van der Waals surface area contributed by atoms with Gasteiger partial charge in [-0.1, -0.05) is 0 Å². The SMILES string of the molecule is C[Si](C)(C)O[C@H]1[C@@H]2C(=O)N[C@@H]2OC[C@H]1O[Si](C)(C)C. The lowest BCUT2D eigenvalue weighted by atomic mass is 9.87. The van der Waals surface area contributed by atoms with E-state index in [1.807, 2.05) is 0 Å². The number of hydrogen-bond acceptors (Lipinski definition) is 4. The summed E-state index contributed by atoms with van der Waals surface area (Å²) < 4.78 is 18.1. The Bertz CT molecular complexity index is 364. The highest BCUT2D eigenvalue weighted by atomic mass is 28.4. The van der Waals surface area contributed by atoms with Crippen molar-refractivity contribution in [1.29, 1.82) is 0 Å². The van der Waals surface area contributed by atoms with Crippen LogP contribution in [0.1, 0.15) is 0 Å². The second-order valence-electron chi connectivity index (χ2n) is 7.25. The summed E-state index contributed by atoms with van der Waals surface area (Å²) >= 11 is 0. The van der Waals surface area contributed by atoms with E-state index in [0.29, 0.717) is 6.61 Å². The number of β-lactam (4-membered cyclic amide) rings is 1. The van der Waals surface area contributed by atoms with Crippen LogP contribution in [-0.4, -0.2) is 47.6 Å². The fraction of sp³-hybridized carbons (Fsp3) is 0.917. The van der Waals surface area contributed by atoms with Gasteiger partial charge in [0.25, 0.3) is 0 Å². The molecule has 110 valence electrons. The van der Waals surface area contributed by atoms with Gasteiger partial charge in [0.1, 0.15) is 12.1 Å². The van der Waals surface area contributed by atoms with Gasteiger partial charge in [0, 0.05) is 0 Å². The van der Waals surface area contributed by atoms with E-state index in [1.54, 1.807) is 0 Å². The third-order valence-electron chi connectivity index (χ3n) is 3.07. The topological polar surface area (TPSA) is 56.8 Å². The van der Waals surface area contributed by atoms with Gasteiger partial charge in [0.05, 0.1) is 18.8 Å². The molecular formula is C12H25NO4Si2. The van der Waals surface area contributed by atoms with E-state index in [2.05, 4.69) is 44.6 Å². The smallest absolute Gasteiger partial charge is 0.232 e. The largest absolute Gasteiger partial charge is 0.411 e. The molecule has 2 aliphatic heterocycles. The first-order valence-electron chi connectivity index (χ1n) is 6.84. The van der Waals surface area contributed by atoms with E-state index >= 15 is 0 Å². The minimum absolute atomic E-state index is 0.0251. The summed E-state index contributed by atoms with van der Waals surface area (Å²) in [7, 11) is -3.42. The normalized spacial score (nSPS) is 35.4. The first-order valence-corrected chi connectivity index (χ1v) is 13.7. The summed E-state index contributed by atoms with van der Waals surface area (Å²) in [6.07, 6.45) is -0.466. The first kappa shape index (κ1) is 15.2. The van der Waals surface area contributed by atoms with Crippen LogP contribution in [0.2, 0.25) is 39.3 Å². The van der Waals surface area contributed by atoms with Crippen LogP contribution in [0, 0.1) is 5.92 Å². The van der Waals surface area contributed by atoms with Crippen LogP contribution in [-0.2, 0) is 18.4 Å². The number of amides is 1. The molecule has 0 saturated carbocycles. The second kappa shape index (κ2) is 4.96. The number of nitrogens with one attached hydrogen (secondary N) is 1. The van der Waals surface area contributed by atoms with Crippen molar-refractivity contribution in [2.24, 2.45) is 5.92 Å². The maximum absolute atomic E-state index is 11.8. The fourth-order valence-electron chi connectivity index (χ4n) is 2.47. The van der Waals surface area contributed by atoms with Gasteiger partial charge in [-0.3, -0.25) is 4.79 Å². The molecule has 0 bridgehead atoms. The van der Waals surface area contributed by atoms with Crippen LogP contribution in [0.15, 0.2) is 0 Å². The lowest BCUT2D eigenvalue weighted by molar-refractivity contribution is -0.199. The summed E-state index contributed by atoms with van der Waals surface area (Å²) in [5.74, 6) is -0.182. The Morgan fingerprint density at radius 1 is 1.11 bits per heavy atom. The third-order valence-corrected chi connectivity index (χ3v) is 5.06. The van der Waals surface area contributed by atoms with Crippen molar-refractivity contribution in [2.45, 2.75) is 57.7 Å². The molecule has 0 aromatic carbocycles. The van der Waals surface area contributed by atoms with Crippen molar-refractivity contribution in [1.82, 2.24) is 5.32 Å². The van der Waals surface area contributed by atoms with Gasteiger partial charge in [0.2, 0.25) is 5.91 Å². The van der Waals surface area contributed by atoms with Crippen molar-refractivity contribution in [2.75, 3.05) is 6.61 Å². The Balaban J connectivity index is 2.14. The standard InChI is InChI=1S/C12H25NO4Si2/c1-18(2,3)16-8-7-15-12-9(11(14)13-12)10(8)17-19(4,5)6/h8-10,12H,7H2,1-6H3,(H,13,14)/t8-,9-,10-,12-/m1/s1. The van der Waals surface area contributed by atoms with Gasteiger partial charge in [-0.05, 0) is 39.3 Å². The first-order chi connectivity index (χ1) is 8.57. The van der Waals surface area contributed by atoms with Crippen LogP contribution < -0.4 is 5.32 Å². The van der Waals surface area contributed by atoms with Crippen LogP contribution in [0.5, 0.6) is 0 Å². The molecule has 1 N–H and O–H groups in total. The van der Waals surface area contributed by atoms with Crippen molar-refractivity contribution in [3.63, 3.8) is 0 Å². The number of carbonyl (C=O) groups excluding carboxylic acids is 1. The van der Waals surface area contributed by atoms with Crippen molar-refractivity contribution in [3.05, 3.63) is 0 Å². The summed E-state index contributed by atoms with van der Waals surface area (Å²) in [6, 6.07) is 0. The Morgan fingerprint density at radius 2 is 1.68 bits per heavy atom. The van der Waals surface area contributed by atoms with Gasteiger partial charge in [0.15, 0.2) is 16.6 Å². The van der Waals surface area contributed by atoms with Crippen molar-refractivity contribution >= 4 is 22.5 Å². The number of carbonyl (C=O) groups is 1. The van der Waals surface area contributed by atoms with E-state index in [0.717, 1.165) is 0 Å². The number of ether oxygens (including phenoxy) is 1. The monoisotopic (exact) mass is 303 g/mol. The summed E-state index contributed by atoms with van der Waals surface area (Å²) in [5, 5.41) is 2.77. The Morgan fingerprint density at radius 3 is 2.16 bits per heavy atom. The molecule has 5 nitrogen and oxygen atoms in total. The Labute approximate surface area is 117 Å². The quantitative estimate of drug-likeness (QED) is 0.632. The minimum atomic E-state index is -1.73. The summed E-state index contributed by atoms with van der Waals surface area (Å²) in [4.78, 5) is 11.8. The maximum atomic E-state index is 11.8. The molecule has 0 unspecified atom stereocenters. The molecule has 4 atom stereocenters. The molecule has 1 amide bonds. The average Bonchev–Trinajstić information content (AvgIpc) is 2.15. The van der Waals surface area contributed by atoms with Gasteiger partial charge >= 0.3 is 0 Å². The highest BCUT2D eigenvalue weighted by Gasteiger charge is 2.54. The van der Waals surface area contributed by atoms with Crippen molar-refractivity contribution in [3.8, 4) is 0 Å². The van der Waals surface area contributed by atoms with Gasteiger partial charge < -0.3 is 18.9 Å². The van der Waals surface area contributed by atoms with Crippen LogP contribution in [0.3, 0.4) is 0 Å². The van der Waals surface area contributed by atoms with E-state index in [4.69, 9.17) is 13.6 Å². The number of fused-ring (bicyclic) bond motifs is 1. The Hall–Kier alpha value is -0.216. The molecule has 2 rings (SSSR count). The minimum Gasteiger partial charge on any atom is -0.411 e. The zero-order valence-corrected chi connectivity index (χ0v) is 14.6. The van der Waals surface area contributed by atoms with Crippen LogP contribution in [0.4, 0.5) is 0 Å². The molecule has 7 heteroatoms. The molecule has 2 saturated heterocycles. The predicted octanol–water partition coefficient (Wildman–Crippen LogP) is 1.53. The van der Waals surface area contributed by atoms with Crippen molar-refractivity contribution < 1.29 is 18.4 Å². The molecular weight excluding hydrogens is 278 g/mol. The summed E-state index contributed by atoms with van der Waals surface area (Å²) in [6.45, 7) is 13.3. The molecule has 19 heavy (non-hydrogen) atoms. The maximum Gasteiger partial charge on any atom is 0.232 e. The highest BCUT2D eigenvalue weighted by Crippen LogP contribution is 2.33. The Kier molecular flexibility index (Phi) is 3.96. The molecule has 2 heterocycles. The third kappa shape index (κ3) is 3.66. The van der Waals surface area contributed by atoms with E-state index in [1.165, 1.54) is 0 Å². The van der Waals surface area contributed by atoms with E-state index in [9.17, 15) is 4.79 Å². The summed E-state index contributed by atoms with van der Waals surface area (Å²) in [5.41, 5.74) is 0. The predicted molar refractivity (Wildman–Crippen MR) is 77.8 cm³/mol. The second-order valence-corrected chi connectivity index (χ2v) is 16.2.